The molecule has 0 radical (unpaired) electrons. The molecule has 0 fully saturated rings. The third-order valence-electron chi connectivity index (χ3n) is 7.73. The average molecular weight is 648 g/mol. The summed E-state index contributed by atoms with van der Waals surface area (Å²) in [5.41, 5.74) is 3.67. The molecule has 1 aromatic heterocycles. The smallest absolute Gasteiger partial charge is 0.263 e. The molecule has 2 heterocycles. The van der Waals surface area contributed by atoms with Gasteiger partial charge >= 0.3 is 0 Å². The first-order chi connectivity index (χ1) is 21.5. The number of halogens is 2. The Labute approximate surface area is 270 Å². The lowest BCUT2D eigenvalue weighted by Gasteiger charge is -2.35. The van der Waals surface area contributed by atoms with Gasteiger partial charge in [0.25, 0.3) is 17.4 Å². The molecular formula is C33H32Cl2N6O4. The molecule has 12 heteroatoms. The number of aromatic nitrogens is 2. The van der Waals surface area contributed by atoms with E-state index in [1.807, 2.05) is 26.0 Å². The van der Waals surface area contributed by atoms with Gasteiger partial charge in [-0.3, -0.25) is 19.2 Å². The Hall–Kier alpha value is -4.67. The molecule has 0 aliphatic carbocycles. The van der Waals surface area contributed by atoms with Crippen molar-refractivity contribution in [3.63, 3.8) is 0 Å². The first kappa shape index (κ1) is 31.7. The summed E-state index contributed by atoms with van der Waals surface area (Å²) in [5, 5.41) is 9.35. The molecule has 0 saturated carbocycles. The zero-order valence-corrected chi connectivity index (χ0v) is 26.7. The van der Waals surface area contributed by atoms with E-state index in [0.717, 1.165) is 5.56 Å². The van der Waals surface area contributed by atoms with Gasteiger partial charge in [0.2, 0.25) is 11.9 Å². The van der Waals surface area contributed by atoms with Crippen LogP contribution >= 0.6 is 23.2 Å². The number of rotatable bonds is 7. The van der Waals surface area contributed by atoms with Crippen molar-refractivity contribution in [2.45, 2.75) is 45.8 Å². The fraction of sp³-hybridized carbons (Fsp3) is 0.242. The molecule has 0 saturated heterocycles. The molecular weight excluding hydrogens is 615 g/mol. The third kappa shape index (κ3) is 6.72. The van der Waals surface area contributed by atoms with Crippen LogP contribution in [0.5, 0.6) is 0 Å². The highest BCUT2D eigenvalue weighted by Gasteiger charge is 2.32. The van der Waals surface area contributed by atoms with Crippen molar-refractivity contribution in [3.8, 4) is 5.69 Å². The monoisotopic (exact) mass is 646 g/mol. The summed E-state index contributed by atoms with van der Waals surface area (Å²) in [4.78, 5) is 57.9. The van der Waals surface area contributed by atoms with Gasteiger partial charge in [0.05, 0.1) is 34.0 Å². The summed E-state index contributed by atoms with van der Waals surface area (Å²) in [7, 11) is 1.57. The predicted octanol–water partition coefficient (Wildman–Crippen LogP) is 5.62. The normalized spacial score (nSPS) is 14.7. The Balaban J connectivity index is 1.55. The number of nitrogens with one attached hydrogen (secondary N) is 3. The van der Waals surface area contributed by atoms with Crippen molar-refractivity contribution in [3.05, 3.63) is 115 Å². The fourth-order valence-electron chi connectivity index (χ4n) is 5.30. The van der Waals surface area contributed by atoms with Crippen molar-refractivity contribution in [1.82, 2.24) is 19.8 Å². The second-order valence-corrected chi connectivity index (χ2v) is 11.7. The Morgan fingerprint density at radius 2 is 1.62 bits per heavy atom. The van der Waals surface area contributed by atoms with Gasteiger partial charge in [0.15, 0.2) is 0 Å². The van der Waals surface area contributed by atoms with Crippen molar-refractivity contribution in [1.29, 1.82) is 0 Å². The zero-order valence-electron chi connectivity index (χ0n) is 25.2. The summed E-state index contributed by atoms with van der Waals surface area (Å²) >= 11 is 12.3. The second kappa shape index (κ2) is 13.1. The number of carbonyl (C=O) groups excluding carboxylic acids is 3. The predicted molar refractivity (Wildman–Crippen MR) is 176 cm³/mol. The second-order valence-electron chi connectivity index (χ2n) is 10.9. The Morgan fingerprint density at radius 3 is 2.24 bits per heavy atom. The van der Waals surface area contributed by atoms with Crippen LogP contribution in [0.2, 0.25) is 10.0 Å². The molecule has 2 atom stereocenters. The van der Waals surface area contributed by atoms with Crippen LogP contribution in [0, 0.1) is 0 Å². The van der Waals surface area contributed by atoms with Crippen molar-refractivity contribution in [2.24, 2.45) is 0 Å². The minimum absolute atomic E-state index is 0.122. The van der Waals surface area contributed by atoms with E-state index >= 15 is 0 Å². The lowest BCUT2D eigenvalue weighted by molar-refractivity contribution is -0.114. The van der Waals surface area contributed by atoms with Gasteiger partial charge in [-0.05, 0) is 80.4 Å². The lowest BCUT2D eigenvalue weighted by atomic mass is 9.98. The number of amides is 3. The molecule has 3 N–H and O–H groups in total. The summed E-state index contributed by atoms with van der Waals surface area (Å²) in [6.45, 7) is 5.36. The highest BCUT2D eigenvalue weighted by Crippen LogP contribution is 2.29. The molecule has 232 valence electrons. The molecule has 10 nitrogen and oxygen atoms in total. The number of hydrogen-bond donors (Lipinski definition) is 3. The molecule has 1 aliphatic rings. The minimum atomic E-state index is -0.310. The largest absolute Gasteiger partial charge is 0.355 e. The van der Waals surface area contributed by atoms with Gasteiger partial charge in [0.1, 0.15) is 0 Å². The van der Waals surface area contributed by atoms with Crippen LogP contribution in [0.4, 0.5) is 11.6 Å². The van der Waals surface area contributed by atoms with E-state index in [-0.39, 0.29) is 52.9 Å². The number of carbonyl (C=O) groups is 3. The quantitative estimate of drug-likeness (QED) is 0.239. The van der Waals surface area contributed by atoms with Crippen LogP contribution in [0.3, 0.4) is 0 Å². The summed E-state index contributed by atoms with van der Waals surface area (Å²) in [6.07, 6.45) is 0.301. The van der Waals surface area contributed by atoms with Crippen LogP contribution in [0.1, 0.15) is 64.3 Å². The van der Waals surface area contributed by atoms with Crippen molar-refractivity contribution < 1.29 is 14.4 Å². The highest BCUT2D eigenvalue weighted by atomic mass is 35.5. The molecule has 4 aromatic rings. The van der Waals surface area contributed by atoms with Crippen molar-refractivity contribution >= 4 is 52.6 Å². The third-order valence-corrected chi connectivity index (χ3v) is 8.47. The van der Waals surface area contributed by atoms with Crippen LogP contribution in [-0.2, 0) is 17.8 Å². The standard InChI is InChI=1S/C33H32Cl2N6O4/c1-18-15-26-29(17-40(18)31(44)23-9-14-27(34)28(35)16-23)39-33(37-19(2)21-5-7-22(8-6-21)30(43)36-4)41(32(26)45)25-12-10-24(11-13-25)38-20(3)42/h5-14,16,18-19H,15,17H2,1-4H3,(H,36,43)(H,37,39)(H,38,42)/t18-,19?/m1/s1. The van der Waals surface area contributed by atoms with Gasteiger partial charge < -0.3 is 20.9 Å². The molecule has 0 spiro atoms. The van der Waals surface area contributed by atoms with E-state index in [0.29, 0.717) is 45.2 Å². The Kier molecular flexibility index (Phi) is 9.27. The maximum atomic E-state index is 14.2. The SMILES string of the molecule is CNC(=O)c1ccc(C(C)Nc2nc3c(c(=O)n2-c2ccc(NC(C)=O)cc2)C[C@@H](C)N(C(=O)c2ccc(Cl)c(Cl)c2)C3)cc1. The molecule has 3 aromatic carbocycles. The molecule has 3 amide bonds. The van der Waals surface area contributed by atoms with Gasteiger partial charge in [-0.2, -0.15) is 0 Å². The molecule has 0 bridgehead atoms. The fourth-order valence-corrected chi connectivity index (χ4v) is 5.60. The maximum Gasteiger partial charge on any atom is 0.263 e. The number of hydrogen-bond acceptors (Lipinski definition) is 6. The summed E-state index contributed by atoms with van der Waals surface area (Å²) in [5.74, 6) is -0.358. The topological polar surface area (TPSA) is 125 Å². The van der Waals surface area contributed by atoms with Gasteiger partial charge in [-0.15, -0.1) is 0 Å². The summed E-state index contributed by atoms with van der Waals surface area (Å²) in [6, 6.07) is 18.2. The Morgan fingerprint density at radius 1 is 0.956 bits per heavy atom. The number of fused-ring (bicyclic) bond motifs is 1. The van der Waals surface area contributed by atoms with E-state index in [2.05, 4.69) is 16.0 Å². The lowest BCUT2D eigenvalue weighted by Crippen LogP contribution is -2.46. The van der Waals surface area contributed by atoms with Crippen LogP contribution in [-0.4, -0.2) is 45.3 Å². The van der Waals surface area contributed by atoms with Crippen LogP contribution in [0.25, 0.3) is 5.69 Å². The number of nitrogens with zero attached hydrogens (tertiary/aromatic N) is 3. The van der Waals surface area contributed by atoms with Crippen LogP contribution < -0.4 is 21.5 Å². The van der Waals surface area contributed by atoms with E-state index in [9.17, 15) is 19.2 Å². The van der Waals surface area contributed by atoms with Crippen LogP contribution in [0.15, 0.2) is 71.5 Å². The van der Waals surface area contributed by atoms with E-state index in [1.54, 1.807) is 60.5 Å². The molecule has 1 aliphatic heterocycles. The summed E-state index contributed by atoms with van der Waals surface area (Å²) < 4.78 is 1.51. The van der Waals surface area contributed by atoms with Gasteiger partial charge in [-0.25, -0.2) is 9.55 Å². The average Bonchev–Trinajstić information content (AvgIpc) is 3.02. The zero-order chi connectivity index (χ0) is 32.4. The van der Waals surface area contributed by atoms with Crippen molar-refractivity contribution in [2.75, 3.05) is 17.7 Å². The molecule has 45 heavy (non-hydrogen) atoms. The molecule has 5 rings (SSSR count). The maximum absolute atomic E-state index is 14.2. The van der Waals surface area contributed by atoms with Gasteiger partial charge in [-0.1, -0.05) is 35.3 Å². The first-order valence-electron chi connectivity index (χ1n) is 14.3. The van der Waals surface area contributed by atoms with E-state index < -0.39 is 0 Å². The minimum Gasteiger partial charge on any atom is -0.355 e. The highest BCUT2D eigenvalue weighted by molar-refractivity contribution is 6.42. The Bertz CT molecular complexity index is 1840. The van der Waals surface area contributed by atoms with E-state index in [4.69, 9.17) is 28.2 Å². The number of anilines is 2. The first-order valence-corrected chi connectivity index (χ1v) is 15.1. The van der Waals surface area contributed by atoms with E-state index in [1.165, 1.54) is 17.6 Å². The number of benzene rings is 3. The van der Waals surface area contributed by atoms with Gasteiger partial charge in [0, 0.05) is 42.4 Å². The molecule has 1 unspecified atom stereocenters.